The van der Waals surface area contributed by atoms with Crippen LogP contribution in [-0.2, 0) is 0 Å². The number of urea groups is 1. The molecule has 3 rings (SSSR count). The highest BCUT2D eigenvalue weighted by molar-refractivity contribution is 5.96. The van der Waals surface area contributed by atoms with Crippen LogP contribution in [0.25, 0.3) is 0 Å². The lowest BCUT2D eigenvalue weighted by Crippen LogP contribution is -2.51. The lowest BCUT2D eigenvalue weighted by molar-refractivity contribution is 0.0346. The molecule has 0 aliphatic carbocycles. The third-order valence-electron chi connectivity index (χ3n) is 4.77. The number of amides is 2. The molecule has 1 aromatic heterocycles. The van der Waals surface area contributed by atoms with Crippen LogP contribution in [0.2, 0.25) is 0 Å². The summed E-state index contributed by atoms with van der Waals surface area (Å²) in [7, 11) is 1.61. The van der Waals surface area contributed by atoms with E-state index < -0.39 is 5.72 Å². The van der Waals surface area contributed by atoms with Gasteiger partial charge in [0.25, 0.3) is 0 Å². The van der Waals surface area contributed by atoms with Crippen molar-refractivity contribution in [2.24, 2.45) is 5.92 Å². The van der Waals surface area contributed by atoms with Gasteiger partial charge in [0.2, 0.25) is 5.88 Å². The van der Waals surface area contributed by atoms with Crippen LogP contribution in [0.1, 0.15) is 26.3 Å². The predicted octanol–water partition coefficient (Wildman–Crippen LogP) is 3.45. The Kier molecular flexibility index (Phi) is 4.97. The van der Waals surface area contributed by atoms with Crippen LogP contribution in [-0.4, -0.2) is 35.0 Å². The van der Waals surface area contributed by atoms with Crippen LogP contribution in [0.5, 0.6) is 17.4 Å². The van der Waals surface area contributed by atoms with Crippen LogP contribution in [0.3, 0.4) is 0 Å². The maximum absolute atomic E-state index is 12.4. The SMILES string of the molecule is COc1cc(Oc2ccc(N3C(=O)N[C@H](C(C)C)C3(C)O)cn2)ccc1C. The second-order valence-electron chi connectivity index (χ2n) is 7.19. The summed E-state index contributed by atoms with van der Waals surface area (Å²) in [6.07, 6.45) is 1.51. The largest absolute Gasteiger partial charge is 0.496 e. The highest BCUT2D eigenvalue weighted by Gasteiger charge is 2.50. The Hall–Kier alpha value is -2.80. The van der Waals surface area contributed by atoms with Crippen LogP contribution < -0.4 is 19.7 Å². The predicted molar refractivity (Wildman–Crippen MR) is 102 cm³/mol. The number of aromatic nitrogens is 1. The molecule has 0 spiro atoms. The van der Waals surface area contributed by atoms with E-state index in [0.29, 0.717) is 17.3 Å². The molecule has 27 heavy (non-hydrogen) atoms. The van der Waals surface area contributed by atoms with Crippen molar-refractivity contribution in [3.8, 4) is 17.4 Å². The Morgan fingerprint density at radius 3 is 2.59 bits per heavy atom. The van der Waals surface area contributed by atoms with Gasteiger partial charge >= 0.3 is 6.03 Å². The number of hydrogen-bond donors (Lipinski definition) is 2. The number of nitrogens with zero attached hydrogens (tertiary/aromatic N) is 2. The molecule has 1 aliphatic rings. The molecule has 1 aliphatic heterocycles. The minimum Gasteiger partial charge on any atom is -0.496 e. The highest BCUT2D eigenvalue weighted by atomic mass is 16.5. The Bertz CT molecular complexity index is 834. The Morgan fingerprint density at radius 2 is 2.04 bits per heavy atom. The Balaban J connectivity index is 1.80. The monoisotopic (exact) mass is 371 g/mol. The highest BCUT2D eigenvalue weighted by Crippen LogP contribution is 2.34. The summed E-state index contributed by atoms with van der Waals surface area (Å²) in [5, 5.41) is 13.7. The van der Waals surface area contributed by atoms with E-state index in [1.54, 1.807) is 32.2 Å². The fourth-order valence-electron chi connectivity index (χ4n) is 3.41. The Labute approximate surface area is 158 Å². The zero-order valence-electron chi connectivity index (χ0n) is 16.2. The summed E-state index contributed by atoms with van der Waals surface area (Å²) in [4.78, 5) is 18.0. The molecule has 7 heteroatoms. The molecule has 144 valence electrons. The van der Waals surface area contributed by atoms with Gasteiger partial charge < -0.3 is 19.9 Å². The molecule has 0 bridgehead atoms. The number of methoxy groups -OCH3 is 1. The summed E-state index contributed by atoms with van der Waals surface area (Å²) in [6, 6.07) is 8.16. The number of hydrogen-bond acceptors (Lipinski definition) is 5. The van der Waals surface area contributed by atoms with Gasteiger partial charge in [-0.2, -0.15) is 0 Å². The standard InChI is InChI=1S/C20H25N3O4/c1-12(2)18-20(4,25)23(19(24)22-18)14-7-9-17(21-11-14)27-15-8-6-13(3)16(10-15)26-5/h6-12,18,25H,1-5H3,(H,22,24)/t18-,20?/m1/s1. The lowest BCUT2D eigenvalue weighted by Gasteiger charge is -2.33. The molecule has 7 nitrogen and oxygen atoms in total. The van der Waals surface area contributed by atoms with Gasteiger partial charge in [0.15, 0.2) is 5.72 Å². The number of aliphatic hydroxyl groups is 1. The summed E-state index contributed by atoms with van der Waals surface area (Å²) >= 11 is 0. The van der Waals surface area contributed by atoms with Crippen molar-refractivity contribution < 1.29 is 19.4 Å². The van der Waals surface area contributed by atoms with Crippen LogP contribution in [0.15, 0.2) is 36.5 Å². The molecule has 1 saturated heterocycles. The minimum atomic E-state index is -1.35. The molecule has 1 aromatic carbocycles. The van der Waals surface area contributed by atoms with Crippen molar-refractivity contribution in [3.05, 3.63) is 42.1 Å². The number of anilines is 1. The van der Waals surface area contributed by atoms with Gasteiger partial charge in [-0.05, 0) is 37.5 Å². The number of rotatable bonds is 5. The number of ether oxygens (including phenoxy) is 2. The molecule has 2 aromatic rings. The quantitative estimate of drug-likeness (QED) is 0.841. The number of carbonyl (C=O) groups excluding carboxylic acids is 1. The smallest absolute Gasteiger partial charge is 0.324 e. The zero-order valence-corrected chi connectivity index (χ0v) is 16.2. The molecule has 1 unspecified atom stereocenters. The van der Waals surface area contributed by atoms with Crippen molar-refractivity contribution in [2.75, 3.05) is 12.0 Å². The fraction of sp³-hybridized carbons (Fsp3) is 0.400. The van der Waals surface area contributed by atoms with E-state index in [1.807, 2.05) is 32.9 Å². The summed E-state index contributed by atoms with van der Waals surface area (Å²) in [5.41, 5.74) is 0.157. The second kappa shape index (κ2) is 7.08. The van der Waals surface area contributed by atoms with E-state index >= 15 is 0 Å². The molecular formula is C20H25N3O4. The van der Waals surface area contributed by atoms with E-state index in [4.69, 9.17) is 9.47 Å². The van der Waals surface area contributed by atoms with Crippen molar-refractivity contribution in [1.29, 1.82) is 0 Å². The number of pyridine rings is 1. The van der Waals surface area contributed by atoms with Gasteiger partial charge in [0.05, 0.1) is 25.0 Å². The number of aryl methyl sites for hydroxylation is 1. The Morgan fingerprint density at radius 1 is 1.30 bits per heavy atom. The van der Waals surface area contributed by atoms with Crippen LogP contribution >= 0.6 is 0 Å². The topological polar surface area (TPSA) is 83.9 Å². The average molecular weight is 371 g/mol. The fourth-order valence-corrected chi connectivity index (χ4v) is 3.41. The first kappa shape index (κ1) is 19.0. The third-order valence-corrected chi connectivity index (χ3v) is 4.77. The number of carbonyl (C=O) groups is 1. The van der Waals surface area contributed by atoms with E-state index in [2.05, 4.69) is 10.3 Å². The van der Waals surface area contributed by atoms with Gasteiger partial charge in [-0.15, -0.1) is 0 Å². The van der Waals surface area contributed by atoms with Gasteiger partial charge in [-0.25, -0.2) is 9.78 Å². The van der Waals surface area contributed by atoms with Crippen molar-refractivity contribution in [1.82, 2.24) is 10.3 Å². The first-order chi connectivity index (χ1) is 12.7. The minimum absolute atomic E-state index is 0.0843. The van der Waals surface area contributed by atoms with Crippen LogP contribution in [0, 0.1) is 12.8 Å². The average Bonchev–Trinajstić information content (AvgIpc) is 2.86. The second-order valence-corrected chi connectivity index (χ2v) is 7.19. The molecule has 1 fully saturated rings. The van der Waals surface area contributed by atoms with Crippen LogP contribution in [0.4, 0.5) is 10.5 Å². The van der Waals surface area contributed by atoms with E-state index in [0.717, 1.165) is 11.3 Å². The van der Waals surface area contributed by atoms with E-state index in [1.165, 1.54) is 11.1 Å². The number of benzene rings is 1. The molecule has 2 heterocycles. The van der Waals surface area contributed by atoms with Gasteiger partial charge in [-0.3, -0.25) is 4.90 Å². The third kappa shape index (κ3) is 3.55. The van der Waals surface area contributed by atoms with E-state index in [9.17, 15) is 9.90 Å². The summed E-state index contributed by atoms with van der Waals surface area (Å²) in [6.45, 7) is 7.48. The van der Waals surface area contributed by atoms with Gasteiger partial charge in [0.1, 0.15) is 11.5 Å². The zero-order chi connectivity index (χ0) is 19.8. The van der Waals surface area contributed by atoms with Gasteiger partial charge in [-0.1, -0.05) is 19.9 Å². The number of nitrogens with one attached hydrogen (secondary N) is 1. The van der Waals surface area contributed by atoms with Crippen molar-refractivity contribution in [2.45, 2.75) is 39.5 Å². The molecular weight excluding hydrogens is 346 g/mol. The lowest BCUT2D eigenvalue weighted by atomic mass is 9.95. The normalized spacial score (nSPS) is 22.1. The van der Waals surface area contributed by atoms with Crippen molar-refractivity contribution in [3.63, 3.8) is 0 Å². The van der Waals surface area contributed by atoms with E-state index in [-0.39, 0.29) is 18.0 Å². The molecule has 2 N–H and O–H groups in total. The maximum Gasteiger partial charge on any atom is 0.324 e. The van der Waals surface area contributed by atoms with Crippen molar-refractivity contribution >= 4 is 11.7 Å². The maximum atomic E-state index is 12.4. The van der Waals surface area contributed by atoms with Gasteiger partial charge in [0, 0.05) is 12.1 Å². The molecule has 0 saturated carbocycles. The summed E-state index contributed by atoms with van der Waals surface area (Å²) < 4.78 is 11.1. The molecule has 2 atom stereocenters. The first-order valence-corrected chi connectivity index (χ1v) is 8.85. The molecule has 0 radical (unpaired) electrons. The summed E-state index contributed by atoms with van der Waals surface area (Å²) in [5.74, 6) is 1.79. The molecule has 2 amide bonds. The first-order valence-electron chi connectivity index (χ1n) is 8.85.